The molecule has 0 spiro atoms. The Morgan fingerprint density at radius 3 is 2.63 bits per heavy atom. The summed E-state index contributed by atoms with van der Waals surface area (Å²) in [6, 6.07) is 19.5. The van der Waals surface area contributed by atoms with Crippen LogP contribution in [0, 0.1) is 6.92 Å². The zero-order valence-corrected chi connectivity index (χ0v) is 15.7. The van der Waals surface area contributed by atoms with Gasteiger partial charge in [-0.15, -0.1) is 0 Å². The zero-order chi connectivity index (χ0) is 19.1. The Morgan fingerprint density at radius 2 is 1.81 bits per heavy atom. The van der Waals surface area contributed by atoms with Crippen LogP contribution in [-0.2, 0) is 13.1 Å². The predicted octanol–water partition coefficient (Wildman–Crippen LogP) is 4.57. The van der Waals surface area contributed by atoms with Crippen LogP contribution in [0.4, 0.5) is 10.5 Å². The Kier molecular flexibility index (Phi) is 6.15. The molecule has 0 saturated heterocycles. The molecule has 0 aliphatic carbocycles. The molecule has 140 valence electrons. The van der Waals surface area contributed by atoms with Gasteiger partial charge in [-0.25, -0.2) is 4.79 Å². The highest BCUT2D eigenvalue weighted by atomic mass is 16.5. The van der Waals surface area contributed by atoms with Crippen molar-refractivity contribution >= 4 is 11.7 Å². The third kappa shape index (κ3) is 4.91. The zero-order valence-electron chi connectivity index (χ0n) is 15.7. The standard InChI is InChI=1S/C22H25N3O2/c1-3-27-21-13-7-6-12-20(21)24-22(26)23-15-19-11-8-14-25(19)16-18-10-5-4-9-17(18)2/h4-14H,3,15-16H2,1-2H3,(H2,23,24,26). The van der Waals surface area contributed by atoms with E-state index in [-0.39, 0.29) is 6.03 Å². The molecule has 1 aromatic heterocycles. The number of nitrogens with zero attached hydrogens (tertiary/aromatic N) is 1. The maximum atomic E-state index is 12.3. The second-order valence-electron chi connectivity index (χ2n) is 6.29. The molecule has 0 fully saturated rings. The smallest absolute Gasteiger partial charge is 0.319 e. The molecule has 2 aromatic carbocycles. The van der Waals surface area contributed by atoms with Gasteiger partial charge in [0.25, 0.3) is 0 Å². The van der Waals surface area contributed by atoms with Crippen LogP contribution in [0.5, 0.6) is 5.75 Å². The Bertz CT molecular complexity index is 902. The summed E-state index contributed by atoms with van der Waals surface area (Å²) in [6.45, 7) is 5.80. The maximum Gasteiger partial charge on any atom is 0.319 e. The molecule has 0 radical (unpaired) electrons. The van der Waals surface area contributed by atoms with Gasteiger partial charge in [0.2, 0.25) is 0 Å². The van der Waals surface area contributed by atoms with Crippen LogP contribution in [-0.4, -0.2) is 17.2 Å². The van der Waals surface area contributed by atoms with E-state index in [0.717, 1.165) is 12.2 Å². The Morgan fingerprint density at radius 1 is 1.04 bits per heavy atom. The second kappa shape index (κ2) is 8.94. The van der Waals surface area contributed by atoms with Gasteiger partial charge < -0.3 is 19.9 Å². The SMILES string of the molecule is CCOc1ccccc1NC(=O)NCc1cccn1Cc1ccccc1C. The number of nitrogens with one attached hydrogen (secondary N) is 2. The first-order chi connectivity index (χ1) is 13.2. The number of aromatic nitrogens is 1. The molecule has 0 saturated carbocycles. The summed E-state index contributed by atoms with van der Waals surface area (Å²) in [7, 11) is 0. The van der Waals surface area contributed by atoms with E-state index < -0.39 is 0 Å². The summed E-state index contributed by atoms with van der Waals surface area (Å²) in [5.41, 5.74) is 4.24. The second-order valence-corrected chi connectivity index (χ2v) is 6.29. The van der Waals surface area contributed by atoms with Crippen molar-refractivity contribution in [2.24, 2.45) is 0 Å². The highest BCUT2D eigenvalue weighted by Crippen LogP contribution is 2.23. The normalized spacial score (nSPS) is 10.4. The van der Waals surface area contributed by atoms with Crippen LogP contribution in [0.25, 0.3) is 0 Å². The number of para-hydroxylation sites is 2. The fraction of sp³-hybridized carbons (Fsp3) is 0.227. The van der Waals surface area contributed by atoms with Crippen LogP contribution in [0.2, 0.25) is 0 Å². The third-order valence-corrected chi connectivity index (χ3v) is 4.39. The number of urea groups is 1. The highest BCUT2D eigenvalue weighted by Gasteiger charge is 2.09. The number of hydrogen-bond donors (Lipinski definition) is 2. The number of benzene rings is 2. The van der Waals surface area contributed by atoms with Gasteiger partial charge in [-0.05, 0) is 49.2 Å². The monoisotopic (exact) mass is 363 g/mol. The fourth-order valence-corrected chi connectivity index (χ4v) is 2.92. The molecule has 2 N–H and O–H groups in total. The number of anilines is 1. The van der Waals surface area contributed by atoms with Gasteiger partial charge >= 0.3 is 6.03 Å². The molecule has 1 heterocycles. The fourth-order valence-electron chi connectivity index (χ4n) is 2.92. The van der Waals surface area contributed by atoms with E-state index in [9.17, 15) is 4.79 Å². The van der Waals surface area contributed by atoms with Gasteiger partial charge in [0.1, 0.15) is 5.75 Å². The first-order valence-electron chi connectivity index (χ1n) is 9.12. The van der Waals surface area contributed by atoms with Gasteiger partial charge in [-0.3, -0.25) is 0 Å². The van der Waals surface area contributed by atoms with Crippen LogP contribution >= 0.6 is 0 Å². The minimum Gasteiger partial charge on any atom is -0.492 e. The van der Waals surface area contributed by atoms with Crippen LogP contribution in [0.1, 0.15) is 23.7 Å². The molecule has 0 bridgehead atoms. The molecule has 5 nitrogen and oxygen atoms in total. The van der Waals surface area contributed by atoms with E-state index in [1.165, 1.54) is 11.1 Å². The van der Waals surface area contributed by atoms with E-state index in [4.69, 9.17) is 4.74 Å². The molecule has 3 aromatic rings. The Labute approximate surface area is 160 Å². The van der Waals surface area contributed by atoms with E-state index >= 15 is 0 Å². The number of rotatable bonds is 7. The molecule has 3 rings (SSSR count). The minimum absolute atomic E-state index is 0.259. The van der Waals surface area contributed by atoms with Crippen LogP contribution in [0.15, 0.2) is 66.9 Å². The van der Waals surface area contributed by atoms with Crippen molar-refractivity contribution < 1.29 is 9.53 Å². The van der Waals surface area contributed by atoms with Crippen molar-refractivity contribution in [1.82, 2.24) is 9.88 Å². The van der Waals surface area contributed by atoms with E-state index in [2.05, 4.69) is 34.3 Å². The highest BCUT2D eigenvalue weighted by molar-refractivity contribution is 5.90. The van der Waals surface area contributed by atoms with Gasteiger partial charge in [0.05, 0.1) is 18.8 Å². The van der Waals surface area contributed by atoms with Gasteiger partial charge in [-0.1, -0.05) is 36.4 Å². The van der Waals surface area contributed by atoms with Gasteiger partial charge in [-0.2, -0.15) is 0 Å². The molecule has 0 aliphatic heterocycles. The number of carbonyl (C=O) groups is 1. The minimum atomic E-state index is -0.259. The summed E-state index contributed by atoms with van der Waals surface area (Å²) < 4.78 is 7.69. The molecule has 5 heteroatoms. The lowest BCUT2D eigenvalue weighted by Gasteiger charge is -2.14. The third-order valence-electron chi connectivity index (χ3n) is 4.39. The molecule has 0 aliphatic rings. The number of hydrogen-bond acceptors (Lipinski definition) is 2. The average Bonchev–Trinajstić information content (AvgIpc) is 3.11. The number of carbonyl (C=O) groups excluding carboxylic acids is 1. The van der Waals surface area contributed by atoms with Crippen LogP contribution in [0.3, 0.4) is 0 Å². The lowest BCUT2D eigenvalue weighted by molar-refractivity contribution is 0.251. The van der Waals surface area contributed by atoms with Crippen molar-refractivity contribution in [2.75, 3.05) is 11.9 Å². The average molecular weight is 363 g/mol. The van der Waals surface area contributed by atoms with E-state index in [0.29, 0.717) is 24.6 Å². The van der Waals surface area contributed by atoms with Crippen molar-refractivity contribution in [3.63, 3.8) is 0 Å². The predicted molar refractivity (Wildman–Crippen MR) is 108 cm³/mol. The number of ether oxygens (including phenoxy) is 1. The number of amides is 2. The topological polar surface area (TPSA) is 55.3 Å². The van der Waals surface area contributed by atoms with Gasteiger partial charge in [0, 0.05) is 18.4 Å². The lowest BCUT2D eigenvalue weighted by Crippen LogP contribution is -2.29. The number of aryl methyl sites for hydroxylation is 1. The van der Waals surface area contributed by atoms with Crippen molar-refractivity contribution in [1.29, 1.82) is 0 Å². The van der Waals surface area contributed by atoms with Crippen molar-refractivity contribution in [3.05, 3.63) is 83.7 Å². The molecule has 0 atom stereocenters. The summed E-state index contributed by atoms with van der Waals surface area (Å²) in [5, 5.41) is 5.77. The Balaban J connectivity index is 1.60. The molecule has 2 amide bonds. The van der Waals surface area contributed by atoms with E-state index in [1.54, 1.807) is 0 Å². The molecular formula is C22H25N3O2. The summed E-state index contributed by atoms with van der Waals surface area (Å²) in [6.07, 6.45) is 2.03. The quantitative estimate of drug-likeness (QED) is 0.646. The Hall–Kier alpha value is -3.21. The summed E-state index contributed by atoms with van der Waals surface area (Å²) in [5.74, 6) is 0.665. The van der Waals surface area contributed by atoms with Crippen molar-refractivity contribution in [3.8, 4) is 5.75 Å². The molecule has 27 heavy (non-hydrogen) atoms. The van der Waals surface area contributed by atoms with Crippen molar-refractivity contribution in [2.45, 2.75) is 26.9 Å². The largest absolute Gasteiger partial charge is 0.492 e. The van der Waals surface area contributed by atoms with Crippen LogP contribution < -0.4 is 15.4 Å². The first kappa shape index (κ1) is 18.6. The molecular weight excluding hydrogens is 338 g/mol. The van der Waals surface area contributed by atoms with E-state index in [1.807, 2.05) is 61.7 Å². The first-order valence-corrected chi connectivity index (χ1v) is 9.12. The summed E-state index contributed by atoms with van der Waals surface area (Å²) in [4.78, 5) is 12.3. The lowest BCUT2D eigenvalue weighted by atomic mass is 10.1. The summed E-state index contributed by atoms with van der Waals surface area (Å²) >= 11 is 0. The van der Waals surface area contributed by atoms with Gasteiger partial charge in [0.15, 0.2) is 0 Å². The maximum absolute atomic E-state index is 12.3. The molecule has 0 unspecified atom stereocenters.